The van der Waals surface area contributed by atoms with Crippen LogP contribution in [0.2, 0.25) is 0 Å². The fourth-order valence-corrected chi connectivity index (χ4v) is 2.71. The van der Waals surface area contributed by atoms with Gasteiger partial charge in [0.15, 0.2) is 0 Å². The number of benzene rings is 1. The molecular formula is C15H24BrN3O. The van der Waals surface area contributed by atoms with E-state index in [4.69, 9.17) is 5.73 Å². The molecule has 5 heteroatoms. The van der Waals surface area contributed by atoms with Gasteiger partial charge in [0.2, 0.25) is 5.91 Å². The van der Waals surface area contributed by atoms with E-state index in [0.717, 1.165) is 23.0 Å². The lowest BCUT2D eigenvalue weighted by atomic mass is 10.0. The Labute approximate surface area is 130 Å². The molecule has 1 rings (SSSR count). The minimum absolute atomic E-state index is 0.0504. The van der Waals surface area contributed by atoms with Crippen LogP contribution in [0.5, 0.6) is 0 Å². The molecular weight excluding hydrogens is 318 g/mol. The number of carbonyl (C=O) groups is 1. The second-order valence-electron chi connectivity index (χ2n) is 5.03. The van der Waals surface area contributed by atoms with Crippen LogP contribution in [-0.4, -0.2) is 49.4 Å². The van der Waals surface area contributed by atoms with Crippen LogP contribution >= 0.6 is 15.9 Å². The molecule has 20 heavy (non-hydrogen) atoms. The first-order valence-corrected chi connectivity index (χ1v) is 7.69. The van der Waals surface area contributed by atoms with Crippen molar-refractivity contribution in [3.05, 3.63) is 34.3 Å². The summed E-state index contributed by atoms with van der Waals surface area (Å²) in [5.74, 6) is 0.101. The molecule has 112 valence electrons. The molecule has 0 aliphatic heterocycles. The minimum atomic E-state index is 0.0504. The number of halogens is 1. The molecule has 0 aliphatic rings. The van der Waals surface area contributed by atoms with Crippen molar-refractivity contribution in [1.82, 2.24) is 9.80 Å². The summed E-state index contributed by atoms with van der Waals surface area (Å²) in [5.41, 5.74) is 7.10. The van der Waals surface area contributed by atoms with Crippen molar-refractivity contribution in [2.45, 2.75) is 19.4 Å². The van der Waals surface area contributed by atoms with Gasteiger partial charge in [0, 0.05) is 31.2 Å². The predicted octanol–water partition coefficient (Wildman–Crippen LogP) is 2.25. The van der Waals surface area contributed by atoms with E-state index >= 15 is 0 Å². The average Bonchev–Trinajstić information content (AvgIpc) is 2.41. The van der Waals surface area contributed by atoms with Crippen molar-refractivity contribution in [1.29, 1.82) is 0 Å². The zero-order valence-electron chi connectivity index (χ0n) is 12.5. The lowest BCUT2D eigenvalue weighted by Gasteiger charge is -2.31. The molecule has 1 aromatic rings. The van der Waals surface area contributed by atoms with Crippen molar-refractivity contribution in [2.75, 3.05) is 33.7 Å². The van der Waals surface area contributed by atoms with Crippen LogP contribution in [0.3, 0.4) is 0 Å². The number of nitrogens with two attached hydrogens (primary N) is 1. The Morgan fingerprint density at radius 3 is 2.50 bits per heavy atom. The van der Waals surface area contributed by atoms with Gasteiger partial charge < -0.3 is 10.6 Å². The van der Waals surface area contributed by atoms with Crippen LogP contribution in [0.25, 0.3) is 0 Å². The average molecular weight is 342 g/mol. The Morgan fingerprint density at radius 2 is 2.00 bits per heavy atom. The summed E-state index contributed by atoms with van der Waals surface area (Å²) in [5, 5.41) is 0. The summed E-state index contributed by atoms with van der Waals surface area (Å²) < 4.78 is 1.04. The van der Waals surface area contributed by atoms with Gasteiger partial charge in [-0.2, -0.15) is 0 Å². The van der Waals surface area contributed by atoms with E-state index in [0.29, 0.717) is 13.1 Å². The van der Waals surface area contributed by atoms with Gasteiger partial charge in [-0.1, -0.05) is 41.1 Å². The summed E-state index contributed by atoms with van der Waals surface area (Å²) in [4.78, 5) is 15.8. The number of likely N-dealkylation sites (N-methyl/N-ethyl adjacent to an activating group) is 1. The van der Waals surface area contributed by atoms with Crippen molar-refractivity contribution >= 4 is 21.8 Å². The second kappa shape index (κ2) is 8.39. The van der Waals surface area contributed by atoms with Gasteiger partial charge in [0.25, 0.3) is 0 Å². The van der Waals surface area contributed by atoms with E-state index in [1.807, 2.05) is 18.2 Å². The number of carbonyl (C=O) groups excluding carboxylic acids is 1. The van der Waals surface area contributed by atoms with Crippen molar-refractivity contribution in [3.8, 4) is 0 Å². The van der Waals surface area contributed by atoms with Gasteiger partial charge in [-0.3, -0.25) is 9.69 Å². The summed E-state index contributed by atoms with van der Waals surface area (Å²) in [6, 6.07) is 8.10. The smallest absolute Gasteiger partial charge is 0.236 e. The molecule has 4 nitrogen and oxygen atoms in total. The summed E-state index contributed by atoms with van der Waals surface area (Å²) in [6.07, 6.45) is 0.988. The molecule has 0 saturated carbocycles. The van der Waals surface area contributed by atoms with Gasteiger partial charge in [-0.05, 0) is 24.6 Å². The van der Waals surface area contributed by atoms with E-state index in [9.17, 15) is 4.79 Å². The van der Waals surface area contributed by atoms with E-state index in [1.54, 1.807) is 19.0 Å². The van der Waals surface area contributed by atoms with Crippen molar-refractivity contribution in [2.24, 2.45) is 5.73 Å². The third-order valence-electron chi connectivity index (χ3n) is 3.28. The Hall–Kier alpha value is -0.910. The standard InChI is InChI=1S/C15H24BrN3O/c1-4-9-19(11-15(20)18(2)3)14(10-17)12-7-5-6-8-13(12)16/h5-8,14H,4,9-11,17H2,1-3H3. The van der Waals surface area contributed by atoms with Crippen molar-refractivity contribution < 1.29 is 4.79 Å². The highest BCUT2D eigenvalue weighted by Crippen LogP contribution is 2.27. The highest BCUT2D eigenvalue weighted by Gasteiger charge is 2.23. The zero-order chi connectivity index (χ0) is 15.1. The molecule has 0 heterocycles. The number of amides is 1. The Morgan fingerprint density at radius 1 is 1.35 bits per heavy atom. The number of hydrogen-bond acceptors (Lipinski definition) is 3. The lowest BCUT2D eigenvalue weighted by molar-refractivity contribution is -0.130. The van der Waals surface area contributed by atoms with Gasteiger partial charge >= 0.3 is 0 Å². The molecule has 0 saturated heterocycles. The molecule has 0 spiro atoms. The maximum absolute atomic E-state index is 12.0. The Bertz CT molecular complexity index is 437. The lowest BCUT2D eigenvalue weighted by Crippen LogP contribution is -2.41. The highest BCUT2D eigenvalue weighted by atomic mass is 79.9. The van der Waals surface area contributed by atoms with Crippen LogP contribution in [0.4, 0.5) is 0 Å². The molecule has 0 fully saturated rings. The maximum Gasteiger partial charge on any atom is 0.236 e. The fraction of sp³-hybridized carbons (Fsp3) is 0.533. The Balaban J connectivity index is 2.97. The molecule has 1 aromatic carbocycles. The predicted molar refractivity (Wildman–Crippen MR) is 86.5 cm³/mol. The summed E-state index contributed by atoms with van der Waals surface area (Å²) in [7, 11) is 3.56. The first-order valence-electron chi connectivity index (χ1n) is 6.89. The van der Waals surface area contributed by atoms with Crippen LogP contribution < -0.4 is 5.73 Å². The fourth-order valence-electron chi connectivity index (χ4n) is 2.17. The first kappa shape index (κ1) is 17.1. The third kappa shape index (κ3) is 4.58. The number of nitrogens with zero attached hydrogens (tertiary/aromatic N) is 2. The third-order valence-corrected chi connectivity index (χ3v) is 4.00. The van der Waals surface area contributed by atoms with Crippen molar-refractivity contribution in [3.63, 3.8) is 0 Å². The first-order chi connectivity index (χ1) is 9.51. The van der Waals surface area contributed by atoms with Gasteiger partial charge in [0.1, 0.15) is 0 Å². The molecule has 1 unspecified atom stereocenters. The topological polar surface area (TPSA) is 49.6 Å². The minimum Gasteiger partial charge on any atom is -0.348 e. The quantitative estimate of drug-likeness (QED) is 0.827. The maximum atomic E-state index is 12.0. The number of hydrogen-bond donors (Lipinski definition) is 1. The number of rotatable bonds is 7. The Kier molecular flexibility index (Phi) is 7.19. The van der Waals surface area contributed by atoms with Crippen LogP contribution in [0.1, 0.15) is 24.9 Å². The summed E-state index contributed by atoms with van der Waals surface area (Å²) >= 11 is 3.57. The van der Waals surface area contributed by atoms with Crippen LogP contribution in [0, 0.1) is 0 Å². The van der Waals surface area contributed by atoms with E-state index < -0.39 is 0 Å². The molecule has 0 aromatic heterocycles. The molecule has 1 atom stereocenters. The molecule has 0 bridgehead atoms. The van der Waals surface area contributed by atoms with E-state index in [2.05, 4.69) is 33.8 Å². The zero-order valence-corrected chi connectivity index (χ0v) is 14.1. The molecule has 2 N–H and O–H groups in total. The van der Waals surface area contributed by atoms with E-state index in [1.165, 1.54) is 0 Å². The van der Waals surface area contributed by atoms with Gasteiger partial charge in [-0.25, -0.2) is 0 Å². The molecule has 0 radical (unpaired) electrons. The normalized spacial score (nSPS) is 12.5. The largest absolute Gasteiger partial charge is 0.348 e. The second-order valence-corrected chi connectivity index (χ2v) is 5.89. The van der Waals surface area contributed by atoms with Crippen LogP contribution in [-0.2, 0) is 4.79 Å². The van der Waals surface area contributed by atoms with E-state index in [-0.39, 0.29) is 11.9 Å². The molecule has 0 aliphatic carbocycles. The SMILES string of the molecule is CCCN(CC(=O)N(C)C)C(CN)c1ccccc1Br. The van der Waals surface area contributed by atoms with Crippen LogP contribution in [0.15, 0.2) is 28.7 Å². The monoisotopic (exact) mass is 341 g/mol. The van der Waals surface area contributed by atoms with Gasteiger partial charge in [-0.15, -0.1) is 0 Å². The summed E-state index contributed by atoms with van der Waals surface area (Å²) in [6.45, 7) is 3.84. The highest BCUT2D eigenvalue weighted by molar-refractivity contribution is 9.10. The van der Waals surface area contributed by atoms with Gasteiger partial charge in [0.05, 0.1) is 6.54 Å². The molecule has 1 amide bonds.